The molecule has 0 aliphatic carbocycles. The third-order valence-electron chi connectivity index (χ3n) is 3.46. The van der Waals surface area contributed by atoms with Crippen molar-refractivity contribution in [2.45, 2.75) is 6.54 Å². The first-order valence-electron chi connectivity index (χ1n) is 6.84. The van der Waals surface area contributed by atoms with Crippen LogP contribution in [0.1, 0.15) is 5.69 Å². The minimum absolute atomic E-state index is 0.520. The van der Waals surface area contributed by atoms with E-state index in [1.165, 1.54) is 5.39 Å². The van der Waals surface area contributed by atoms with Crippen LogP contribution in [0.2, 0.25) is 5.02 Å². The summed E-state index contributed by atoms with van der Waals surface area (Å²) in [5.74, 6) is 0. The first kappa shape index (κ1) is 14.8. The molecule has 0 unspecified atom stereocenters. The number of halogens is 1. The van der Waals surface area contributed by atoms with Crippen molar-refractivity contribution in [1.29, 1.82) is 0 Å². The molecule has 0 saturated heterocycles. The summed E-state index contributed by atoms with van der Waals surface area (Å²) in [5.41, 5.74) is 1.87. The molecule has 1 aromatic heterocycles. The lowest BCUT2D eigenvalue weighted by Crippen LogP contribution is -2.28. The fourth-order valence-electron chi connectivity index (χ4n) is 2.30. The van der Waals surface area contributed by atoms with Crippen LogP contribution in [0.3, 0.4) is 0 Å². The quantitative estimate of drug-likeness (QED) is 0.718. The van der Waals surface area contributed by atoms with Crippen molar-refractivity contribution < 1.29 is 0 Å². The van der Waals surface area contributed by atoms with Crippen LogP contribution in [-0.2, 0) is 13.6 Å². The molecule has 0 atom stereocenters. The van der Waals surface area contributed by atoms with E-state index in [2.05, 4.69) is 33.9 Å². The Bertz CT molecular complexity index is 803. The van der Waals surface area contributed by atoms with Gasteiger partial charge in [0.25, 0.3) is 0 Å². The molecular formula is C16H15ClN4S. The predicted molar refractivity (Wildman–Crippen MR) is 95.2 cm³/mol. The molecule has 1 heterocycles. The Hall–Kier alpha value is -2.11. The van der Waals surface area contributed by atoms with E-state index in [1.807, 2.05) is 31.3 Å². The summed E-state index contributed by atoms with van der Waals surface area (Å²) in [6, 6.07) is 14.3. The number of benzene rings is 2. The SMILES string of the molecule is Cn1ncc(Cl)c1CNC(=S)Nc1cccc2ccccc12. The number of aromatic nitrogens is 2. The van der Waals surface area contributed by atoms with Crippen molar-refractivity contribution in [1.82, 2.24) is 15.1 Å². The Kier molecular flexibility index (Phi) is 4.27. The average Bonchev–Trinajstić information content (AvgIpc) is 2.84. The van der Waals surface area contributed by atoms with Gasteiger partial charge in [-0.15, -0.1) is 0 Å². The highest BCUT2D eigenvalue weighted by Gasteiger charge is 2.07. The number of anilines is 1. The summed E-state index contributed by atoms with van der Waals surface area (Å²) in [6.45, 7) is 0.520. The number of nitrogens with one attached hydrogen (secondary N) is 2. The third-order valence-corrected chi connectivity index (χ3v) is 4.03. The molecule has 0 amide bonds. The van der Waals surface area contributed by atoms with Crippen LogP contribution in [0.4, 0.5) is 5.69 Å². The van der Waals surface area contributed by atoms with Gasteiger partial charge in [-0.3, -0.25) is 4.68 Å². The molecule has 0 aliphatic rings. The number of nitrogens with zero attached hydrogens (tertiary/aromatic N) is 2. The van der Waals surface area contributed by atoms with Crippen molar-refractivity contribution in [3.63, 3.8) is 0 Å². The molecule has 4 nitrogen and oxygen atoms in total. The zero-order valence-electron chi connectivity index (χ0n) is 12.0. The minimum atomic E-state index is 0.520. The predicted octanol–water partition coefficient (Wildman–Crippen LogP) is 3.71. The van der Waals surface area contributed by atoms with Gasteiger partial charge < -0.3 is 10.6 Å². The van der Waals surface area contributed by atoms with Gasteiger partial charge >= 0.3 is 0 Å². The molecular weight excluding hydrogens is 316 g/mol. The lowest BCUT2D eigenvalue weighted by molar-refractivity contribution is 0.695. The smallest absolute Gasteiger partial charge is 0.171 e. The highest BCUT2D eigenvalue weighted by atomic mass is 35.5. The monoisotopic (exact) mass is 330 g/mol. The lowest BCUT2D eigenvalue weighted by Gasteiger charge is -2.13. The van der Waals surface area contributed by atoms with E-state index in [4.69, 9.17) is 23.8 Å². The van der Waals surface area contributed by atoms with E-state index in [0.29, 0.717) is 16.7 Å². The molecule has 3 aromatic rings. The van der Waals surface area contributed by atoms with E-state index >= 15 is 0 Å². The molecule has 2 aromatic carbocycles. The maximum Gasteiger partial charge on any atom is 0.171 e. The molecule has 0 bridgehead atoms. The fourth-order valence-corrected chi connectivity index (χ4v) is 2.71. The van der Waals surface area contributed by atoms with Gasteiger partial charge in [-0.1, -0.05) is 48.0 Å². The number of rotatable bonds is 3. The van der Waals surface area contributed by atoms with Crippen molar-refractivity contribution in [2.24, 2.45) is 7.05 Å². The first-order valence-corrected chi connectivity index (χ1v) is 7.63. The largest absolute Gasteiger partial charge is 0.357 e. The third kappa shape index (κ3) is 3.05. The highest BCUT2D eigenvalue weighted by molar-refractivity contribution is 7.80. The number of aryl methyl sites for hydroxylation is 1. The van der Waals surface area contributed by atoms with Crippen molar-refractivity contribution >= 4 is 45.4 Å². The molecule has 0 aliphatic heterocycles. The van der Waals surface area contributed by atoms with Gasteiger partial charge in [-0.2, -0.15) is 5.10 Å². The summed E-state index contributed by atoms with van der Waals surface area (Å²) < 4.78 is 1.73. The van der Waals surface area contributed by atoms with Crippen LogP contribution < -0.4 is 10.6 Å². The van der Waals surface area contributed by atoms with Gasteiger partial charge in [-0.25, -0.2) is 0 Å². The molecule has 3 rings (SSSR count). The van der Waals surface area contributed by atoms with Crippen LogP contribution >= 0.6 is 23.8 Å². The normalized spacial score (nSPS) is 10.6. The second-order valence-corrected chi connectivity index (χ2v) is 5.71. The number of hydrogen-bond donors (Lipinski definition) is 2. The van der Waals surface area contributed by atoms with Crippen LogP contribution in [0.25, 0.3) is 10.8 Å². The van der Waals surface area contributed by atoms with Crippen molar-refractivity contribution in [2.75, 3.05) is 5.32 Å². The lowest BCUT2D eigenvalue weighted by atomic mass is 10.1. The van der Waals surface area contributed by atoms with Gasteiger partial charge in [0.05, 0.1) is 23.5 Å². The van der Waals surface area contributed by atoms with Gasteiger partial charge in [0.15, 0.2) is 5.11 Å². The number of hydrogen-bond acceptors (Lipinski definition) is 2. The van der Waals surface area contributed by atoms with E-state index in [-0.39, 0.29) is 0 Å². The van der Waals surface area contributed by atoms with E-state index < -0.39 is 0 Å². The Labute approximate surface area is 139 Å². The Morgan fingerprint density at radius 1 is 1.23 bits per heavy atom. The Balaban J connectivity index is 1.71. The van der Waals surface area contributed by atoms with Crippen molar-refractivity contribution in [3.05, 3.63) is 59.4 Å². The second-order valence-electron chi connectivity index (χ2n) is 4.90. The van der Waals surface area contributed by atoms with Gasteiger partial charge in [-0.05, 0) is 23.7 Å². The fraction of sp³-hybridized carbons (Fsp3) is 0.125. The van der Waals surface area contributed by atoms with Gasteiger partial charge in [0.2, 0.25) is 0 Å². The summed E-state index contributed by atoms with van der Waals surface area (Å²) in [4.78, 5) is 0. The van der Waals surface area contributed by atoms with E-state index in [9.17, 15) is 0 Å². The Morgan fingerprint density at radius 3 is 2.77 bits per heavy atom. The molecule has 22 heavy (non-hydrogen) atoms. The molecule has 2 N–H and O–H groups in total. The first-order chi connectivity index (χ1) is 10.6. The zero-order valence-corrected chi connectivity index (χ0v) is 13.6. The summed E-state index contributed by atoms with van der Waals surface area (Å²) in [6.07, 6.45) is 1.62. The van der Waals surface area contributed by atoms with Crippen LogP contribution in [0.5, 0.6) is 0 Å². The van der Waals surface area contributed by atoms with Crippen molar-refractivity contribution in [3.8, 4) is 0 Å². The highest BCUT2D eigenvalue weighted by Crippen LogP contribution is 2.22. The number of fused-ring (bicyclic) bond motifs is 1. The maximum absolute atomic E-state index is 6.08. The van der Waals surface area contributed by atoms with Crippen LogP contribution in [-0.4, -0.2) is 14.9 Å². The van der Waals surface area contributed by atoms with E-state index in [0.717, 1.165) is 16.8 Å². The topological polar surface area (TPSA) is 41.9 Å². The van der Waals surface area contributed by atoms with Crippen LogP contribution in [0.15, 0.2) is 48.7 Å². The molecule has 0 fully saturated rings. The van der Waals surface area contributed by atoms with Gasteiger partial charge in [0.1, 0.15) is 0 Å². The molecule has 0 saturated carbocycles. The molecule has 6 heteroatoms. The summed E-state index contributed by atoms with van der Waals surface area (Å²) >= 11 is 11.4. The second kappa shape index (κ2) is 6.34. The zero-order chi connectivity index (χ0) is 15.5. The minimum Gasteiger partial charge on any atom is -0.357 e. The average molecular weight is 331 g/mol. The van der Waals surface area contributed by atoms with Gasteiger partial charge in [0, 0.05) is 18.1 Å². The van der Waals surface area contributed by atoms with E-state index in [1.54, 1.807) is 10.9 Å². The number of thiocarbonyl (C=S) groups is 1. The van der Waals surface area contributed by atoms with Crippen LogP contribution in [0, 0.1) is 0 Å². The molecule has 112 valence electrons. The summed E-state index contributed by atoms with van der Waals surface area (Å²) in [7, 11) is 1.85. The maximum atomic E-state index is 6.08. The molecule has 0 radical (unpaired) electrons. The Morgan fingerprint density at radius 2 is 2.00 bits per heavy atom. The molecule has 0 spiro atoms. The standard InChI is InChI=1S/C16H15ClN4S/c1-21-15(13(17)9-19-21)10-18-16(22)20-14-8-4-6-11-5-2-3-7-12(11)14/h2-9H,10H2,1H3,(H2,18,20,22). The summed E-state index contributed by atoms with van der Waals surface area (Å²) in [5, 5.41) is 14.0.